The number of aryl methyl sites for hydroxylation is 1. The Morgan fingerprint density at radius 3 is 2.57 bits per heavy atom. The number of aromatic nitrogens is 3. The maximum Gasteiger partial charge on any atom is 0.251 e. The van der Waals surface area contributed by atoms with Crippen molar-refractivity contribution < 1.29 is 9.53 Å². The maximum absolute atomic E-state index is 12.9. The number of hydrogen-bond acceptors (Lipinski definition) is 6. The predicted octanol–water partition coefficient (Wildman–Crippen LogP) is 7.16. The first-order valence-corrected chi connectivity index (χ1v) is 14.5. The Kier molecular flexibility index (Phi) is 11.4. The SMILES string of the molecule is CC.Cc1nc(NCCOCc2ccccc2)ccc1CNC(=O)c1ccnc(Cc2ccc3ncc(Cl)cc3c2)c1. The molecule has 5 rings (SSSR count). The zero-order valence-electron chi connectivity index (χ0n) is 24.2. The molecule has 0 radical (unpaired) electrons. The van der Waals surface area contributed by atoms with Crippen molar-refractivity contribution in [1.82, 2.24) is 20.3 Å². The van der Waals surface area contributed by atoms with E-state index in [9.17, 15) is 4.79 Å². The minimum Gasteiger partial charge on any atom is -0.375 e. The molecule has 0 saturated carbocycles. The first-order valence-electron chi connectivity index (χ1n) is 14.1. The molecule has 0 spiro atoms. The van der Waals surface area contributed by atoms with E-state index in [-0.39, 0.29) is 5.91 Å². The second-order valence-corrected chi connectivity index (χ2v) is 9.92. The van der Waals surface area contributed by atoms with Gasteiger partial charge in [0.25, 0.3) is 5.91 Å². The minimum absolute atomic E-state index is 0.157. The number of ether oxygens (including phenoxy) is 1. The lowest BCUT2D eigenvalue weighted by Crippen LogP contribution is -2.23. The van der Waals surface area contributed by atoms with Crippen LogP contribution in [0.5, 0.6) is 0 Å². The fraction of sp³-hybridized carbons (Fsp3) is 0.235. The molecule has 0 aliphatic rings. The Morgan fingerprint density at radius 1 is 0.929 bits per heavy atom. The predicted molar refractivity (Wildman–Crippen MR) is 170 cm³/mol. The van der Waals surface area contributed by atoms with Gasteiger partial charge in [-0.25, -0.2) is 4.98 Å². The largest absolute Gasteiger partial charge is 0.375 e. The highest BCUT2D eigenvalue weighted by Gasteiger charge is 2.10. The van der Waals surface area contributed by atoms with Crippen molar-refractivity contribution in [1.29, 1.82) is 0 Å². The van der Waals surface area contributed by atoms with Gasteiger partial charge >= 0.3 is 0 Å². The first-order chi connectivity index (χ1) is 20.5. The van der Waals surface area contributed by atoms with Crippen LogP contribution < -0.4 is 10.6 Å². The summed E-state index contributed by atoms with van der Waals surface area (Å²) in [6.45, 7) is 8.14. The third kappa shape index (κ3) is 8.83. The van der Waals surface area contributed by atoms with Crippen molar-refractivity contribution in [3.63, 3.8) is 0 Å². The van der Waals surface area contributed by atoms with Gasteiger partial charge in [0, 0.05) is 54.2 Å². The molecule has 0 bridgehead atoms. The van der Waals surface area contributed by atoms with Gasteiger partial charge in [-0.05, 0) is 60.0 Å². The molecule has 3 aromatic heterocycles. The highest BCUT2D eigenvalue weighted by Crippen LogP contribution is 2.20. The lowest BCUT2D eigenvalue weighted by Gasteiger charge is -2.11. The van der Waals surface area contributed by atoms with Gasteiger partial charge in [0.15, 0.2) is 0 Å². The standard InChI is InChI=1S/C32H30ClN5O2.C2H6/c1-22-26(8-10-31(38-22)35-13-14-40-21-23-5-3-2-4-6-23)19-37-32(39)25-11-12-34-29(18-25)16-24-7-9-30-27(15-24)17-28(33)20-36-30;1-2/h2-12,15,17-18,20H,13-14,16,19,21H2,1H3,(H,35,38)(H,37,39);1-2H3. The summed E-state index contributed by atoms with van der Waals surface area (Å²) in [6.07, 6.45) is 3.90. The Bertz CT molecular complexity index is 1610. The molecule has 1 amide bonds. The minimum atomic E-state index is -0.157. The molecule has 5 aromatic rings. The summed E-state index contributed by atoms with van der Waals surface area (Å²) in [4.78, 5) is 26.3. The average Bonchev–Trinajstić information content (AvgIpc) is 3.02. The molecule has 42 heavy (non-hydrogen) atoms. The third-order valence-corrected chi connectivity index (χ3v) is 6.68. The number of carbonyl (C=O) groups excluding carboxylic acids is 1. The summed E-state index contributed by atoms with van der Waals surface area (Å²) in [7, 11) is 0. The van der Waals surface area contributed by atoms with Crippen LogP contribution in [0.2, 0.25) is 5.02 Å². The zero-order chi connectivity index (χ0) is 29.7. The van der Waals surface area contributed by atoms with Crippen molar-refractivity contribution in [3.05, 3.63) is 130 Å². The van der Waals surface area contributed by atoms with E-state index in [2.05, 4.69) is 31.7 Å². The van der Waals surface area contributed by atoms with Gasteiger partial charge in [-0.15, -0.1) is 0 Å². The molecule has 8 heteroatoms. The fourth-order valence-corrected chi connectivity index (χ4v) is 4.52. The van der Waals surface area contributed by atoms with Crippen LogP contribution in [-0.4, -0.2) is 34.0 Å². The highest BCUT2D eigenvalue weighted by molar-refractivity contribution is 6.31. The molecular weight excluding hydrogens is 546 g/mol. The summed E-state index contributed by atoms with van der Waals surface area (Å²) >= 11 is 6.10. The number of anilines is 1. The van der Waals surface area contributed by atoms with E-state index >= 15 is 0 Å². The first kappa shape index (κ1) is 30.6. The smallest absolute Gasteiger partial charge is 0.251 e. The van der Waals surface area contributed by atoms with Crippen LogP contribution in [0, 0.1) is 6.92 Å². The van der Waals surface area contributed by atoms with E-state index in [4.69, 9.17) is 16.3 Å². The normalized spacial score (nSPS) is 10.6. The number of rotatable bonds is 11. The number of carbonyl (C=O) groups is 1. The lowest BCUT2D eigenvalue weighted by atomic mass is 10.0. The number of halogens is 1. The molecule has 0 aliphatic heterocycles. The molecule has 2 N–H and O–H groups in total. The molecule has 0 aliphatic carbocycles. The van der Waals surface area contributed by atoms with E-state index in [1.807, 2.05) is 87.5 Å². The Morgan fingerprint density at radius 2 is 1.76 bits per heavy atom. The lowest BCUT2D eigenvalue weighted by molar-refractivity contribution is 0.0950. The average molecular weight is 582 g/mol. The van der Waals surface area contributed by atoms with Crippen molar-refractivity contribution in [3.8, 4) is 0 Å². The zero-order valence-corrected chi connectivity index (χ0v) is 25.0. The van der Waals surface area contributed by atoms with Gasteiger partial charge in [-0.3, -0.25) is 14.8 Å². The second kappa shape index (κ2) is 15.6. The van der Waals surface area contributed by atoms with Crippen LogP contribution in [0.1, 0.15) is 52.3 Å². The summed E-state index contributed by atoms with van der Waals surface area (Å²) in [5, 5.41) is 7.86. The molecular formula is C34H36ClN5O2. The summed E-state index contributed by atoms with van der Waals surface area (Å²) < 4.78 is 5.72. The molecule has 0 atom stereocenters. The number of fused-ring (bicyclic) bond motifs is 1. The van der Waals surface area contributed by atoms with Gasteiger partial charge in [0.05, 0.1) is 23.8 Å². The van der Waals surface area contributed by atoms with E-state index in [1.54, 1.807) is 18.5 Å². The van der Waals surface area contributed by atoms with Crippen LogP contribution >= 0.6 is 11.6 Å². The number of amides is 1. The van der Waals surface area contributed by atoms with E-state index in [0.717, 1.165) is 44.8 Å². The van der Waals surface area contributed by atoms with Crippen LogP contribution in [0.15, 0.2) is 91.3 Å². The number of nitrogens with one attached hydrogen (secondary N) is 2. The number of nitrogens with zero attached hydrogens (tertiary/aromatic N) is 3. The molecule has 0 fully saturated rings. The number of pyridine rings is 3. The van der Waals surface area contributed by atoms with Crippen LogP contribution in [0.4, 0.5) is 5.82 Å². The van der Waals surface area contributed by atoms with Gasteiger partial charge in [-0.2, -0.15) is 0 Å². The summed E-state index contributed by atoms with van der Waals surface area (Å²) in [5.41, 5.74) is 6.29. The molecule has 3 heterocycles. The summed E-state index contributed by atoms with van der Waals surface area (Å²) in [6, 6.07) is 25.5. The van der Waals surface area contributed by atoms with E-state index in [0.29, 0.717) is 43.3 Å². The fourth-order valence-electron chi connectivity index (χ4n) is 4.36. The Balaban J connectivity index is 0.00000198. The van der Waals surface area contributed by atoms with Gasteiger partial charge in [0.1, 0.15) is 5.82 Å². The molecule has 2 aromatic carbocycles. The monoisotopic (exact) mass is 581 g/mol. The van der Waals surface area contributed by atoms with Crippen LogP contribution in [0.25, 0.3) is 10.9 Å². The van der Waals surface area contributed by atoms with Crippen molar-refractivity contribution >= 4 is 34.2 Å². The number of hydrogen-bond donors (Lipinski definition) is 2. The van der Waals surface area contributed by atoms with Gasteiger partial charge in [0.2, 0.25) is 0 Å². The van der Waals surface area contributed by atoms with Crippen LogP contribution in [-0.2, 0) is 24.3 Å². The molecule has 7 nitrogen and oxygen atoms in total. The maximum atomic E-state index is 12.9. The highest BCUT2D eigenvalue weighted by atomic mass is 35.5. The Hall–Kier alpha value is -4.33. The quantitative estimate of drug-likeness (QED) is 0.161. The third-order valence-electron chi connectivity index (χ3n) is 6.48. The second-order valence-electron chi connectivity index (χ2n) is 9.48. The summed E-state index contributed by atoms with van der Waals surface area (Å²) in [5.74, 6) is 0.622. The molecule has 0 saturated heterocycles. The van der Waals surface area contributed by atoms with Crippen LogP contribution in [0.3, 0.4) is 0 Å². The van der Waals surface area contributed by atoms with Gasteiger partial charge < -0.3 is 15.4 Å². The molecule has 216 valence electrons. The topological polar surface area (TPSA) is 89.0 Å². The van der Waals surface area contributed by atoms with E-state index < -0.39 is 0 Å². The van der Waals surface area contributed by atoms with Crippen molar-refractivity contribution in [2.45, 2.75) is 40.3 Å². The van der Waals surface area contributed by atoms with Gasteiger partial charge in [-0.1, -0.05) is 67.9 Å². The van der Waals surface area contributed by atoms with E-state index in [1.165, 1.54) is 0 Å². The number of benzene rings is 2. The van der Waals surface area contributed by atoms with Crippen molar-refractivity contribution in [2.75, 3.05) is 18.5 Å². The Labute approximate surface area is 252 Å². The molecule has 0 unspecified atom stereocenters. The van der Waals surface area contributed by atoms with Crippen molar-refractivity contribution in [2.24, 2.45) is 0 Å².